The van der Waals surface area contributed by atoms with Gasteiger partial charge in [0.15, 0.2) is 23.5 Å². The van der Waals surface area contributed by atoms with Crippen molar-refractivity contribution in [1.29, 1.82) is 0 Å². The third-order valence-electron chi connectivity index (χ3n) is 9.57. The molecular formula is C25H34O9S. The number of ketones is 2. The Bertz CT molecular complexity index is 1100. The predicted octanol–water partition coefficient (Wildman–Crippen LogP) is 2.54. The van der Waals surface area contributed by atoms with Crippen LogP contribution in [0.2, 0.25) is 0 Å². The lowest BCUT2D eigenvalue weighted by atomic mass is 9.46. The van der Waals surface area contributed by atoms with Crippen molar-refractivity contribution in [3.05, 3.63) is 23.8 Å². The number of fused-ring (bicyclic) bond motifs is 7. The average molecular weight is 511 g/mol. The van der Waals surface area contributed by atoms with Gasteiger partial charge >= 0.3 is 10.4 Å². The summed E-state index contributed by atoms with van der Waals surface area (Å²) in [6.45, 7) is 5.13. The van der Waals surface area contributed by atoms with E-state index < -0.39 is 57.7 Å². The number of rotatable bonds is 6. The van der Waals surface area contributed by atoms with Crippen LogP contribution in [0.1, 0.15) is 59.3 Å². The number of aliphatic hydroxyl groups excluding tert-OH is 1. The summed E-state index contributed by atoms with van der Waals surface area (Å²) in [7, 11) is -4.82. The van der Waals surface area contributed by atoms with E-state index in [1.54, 1.807) is 12.2 Å². The maximum atomic E-state index is 13.7. The number of allylic oxidation sites excluding steroid dienone is 4. The fourth-order valence-corrected chi connectivity index (χ4v) is 8.50. The van der Waals surface area contributed by atoms with E-state index in [1.807, 2.05) is 19.9 Å². The minimum Gasteiger partial charge on any atom is -0.393 e. The Hall–Kier alpha value is -1.43. The van der Waals surface area contributed by atoms with E-state index in [2.05, 4.69) is 11.1 Å². The molecule has 0 aromatic carbocycles. The molecule has 0 spiro atoms. The molecule has 1 aliphatic heterocycles. The smallest absolute Gasteiger partial charge is 0.393 e. The van der Waals surface area contributed by atoms with Crippen LogP contribution in [-0.4, -0.2) is 60.3 Å². The highest BCUT2D eigenvalue weighted by Gasteiger charge is 2.75. The number of Topliss-reactive ketones (excluding diaryl/α,β-unsaturated/α-hetero) is 1. The van der Waals surface area contributed by atoms with Gasteiger partial charge in [-0.2, -0.15) is 8.42 Å². The first-order valence-corrected chi connectivity index (χ1v) is 13.8. The van der Waals surface area contributed by atoms with Gasteiger partial charge in [-0.3, -0.25) is 14.1 Å². The van der Waals surface area contributed by atoms with Crippen molar-refractivity contribution in [2.75, 3.05) is 6.61 Å². The Morgan fingerprint density at radius 2 is 2.06 bits per heavy atom. The molecule has 9 nitrogen and oxygen atoms in total. The minimum absolute atomic E-state index is 0.0254. The number of carbonyl (C=O) groups excluding carboxylic acids is 2. The maximum absolute atomic E-state index is 13.7. The summed E-state index contributed by atoms with van der Waals surface area (Å²) in [4.78, 5) is 25.7. The molecule has 1 unspecified atom stereocenters. The highest BCUT2D eigenvalue weighted by atomic mass is 32.3. The van der Waals surface area contributed by atoms with Crippen molar-refractivity contribution in [1.82, 2.24) is 0 Å². The first kappa shape index (κ1) is 25.2. The Kier molecular flexibility index (Phi) is 5.98. The molecule has 0 aromatic rings. The van der Waals surface area contributed by atoms with Crippen LogP contribution in [-0.2, 0) is 33.6 Å². The quantitative estimate of drug-likeness (QED) is 0.517. The van der Waals surface area contributed by atoms with E-state index in [-0.39, 0.29) is 30.0 Å². The second-order valence-corrected chi connectivity index (χ2v) is 12.3. The average Bonchev–Trinajstić information content (AvgIpc) is 3.24. The molecule has 1 saturated heterocycles. The molecule has 9 atom stereocenters. The molecule has 194 valence electrons. The first-order valence-electron chi connectivity index (χ1n) is 12.5. The van der Waals surface area contributed by atoms with E-state index in [0.29, 0.717) is 12.8 Å². The fourth-order valence-electron chi connectivity index (χ4n) is 8.24. The summed E-state index contributed by atoms with van der Waals surface area (Å²) >= 11 is 0. The number of hydrogen-bond acceptors (Lipinski definition) is 8. The van der Waals surface area contributed by atoms with E-state index >= 15 is 0 Å². The van der Waals surface area contributed by atoms with Gasteiger partial charge in [0, 0.05) is 16.7 Å². The van der Waals surface area contributed by atoms with Crippen LogP contribution in [0.3, 0.4) is 0 Å². The lowest BCUT2D eigenvalue weighted by Gasteiger charge is -2.59. The normalized spacial score (nSPS) is 46.4. The molecular weight excluding hydrogens is 476 g/mol. The van der Waals surface area contributed by atoms with Gasteiger partial charge in [0.2, 0.25) is 0 Å². The van der Waals surface area contributed by atoms with Crippen molar-refractivity contribution >= 4 is 22.0 Å². The molecule has 5 aliphatic rings. The fraction of sp³-hybridized carbons (Fsp3) is 0.760. The Morgan fingerprint density at radius 1 is 1.31 bits per heavy atom. The molecule has 5 rings (SSSR count). The Morgan fingerprint density at radius 3 is 2.74 bits per heavy atom. The van der Waals surface area contributed by atoms with Crippen LogP contribution in [0.5, 0.6) is 0 Å². The van der Waals surface area contributed by atoms with Gasteiger partial charge in [0.1, 0.15) is 6.61 Å². The van der Waals surface area contributed by atoms with Crippen LogP contribution in [0, 0.1) is 28.6 Å². The van der Waals surface area contributed by atoms with Gasteiger partial charge in [-0.05, 0) is 56.1 Å². The number of hydrogen-bond donors (Lipinski definition) is 2. The molecule has 35 heavy (non-hydrogen) atoms. The van der Waals surface area contributed by atoms with Crippen molar-refractivity contribution in [3.8, 4) is 0 Å². The van der Waals surface area contributed by atoms with Gasteiger partial charge < -0.3 is 14.6 Å². The summed E-state index contributed by atoms with van der Waals surface area (Å²) in [6, 6.07) is 0. The lowest BCUT2D eigenvalue weighted by molar-refractivity contribution is -0.200. The van der Waals surface area contributed by atoms with Crippen molar-refractivity contribution < 1.29 is 41.3 Å². The molecule has 0 amide bonds. The van der Waals surface area contributed by atoms with Crippen molar-refractivity contribution in [3.63, 3.8) is 0 Å². The van der Waals surface area contributed by atoms with E-state index in [1.165, 1.54) is 0 Å². The molecule has 0 radical (unpaired) electrons. The monoisotopic (exact) mass is 510 g/mol. The van der Waals surface area contributed by atoms with Crippen molar-refractivity contribution in [2.45, 2.75) is 83.4 Å². The highest BCUT2D eigenvalue weighted by Crippen LogP contribution is 2.69. The summed E-state index contributed by atoms with van der Waals surface area (Å²) in [5, 5.41) is 11.6. The van der Waals surface area contributed by atoms with Gasteiger partial charge in [-0.25, -0.2) is 4.18 Å². The second kappa shape index (κ2) is 8.29. The third-order valence-corrected chi connectivity index (χ3v) is 9.98. The summed E-state index contributed by atoms with van der Waals surface area (Å²) in [5.74, 6) is -0.730. The minimum atomic E-state index is -4.82. The molecule has 10 heteroatoms. The van der Waals surface area contributed by atoms with Crippen LogP contribution in [0.25, 0.3) is 0 Å². The summed E-state index contributed by atoms with van der Waals surface area (Å²) in [6.07, 6.45) is 6.85. The van der Waals surface area contributed by atoms with Gasteiger partial charge in [0.05, 0.1) is 12.2 Å². The summed E-state index contributed by atoms with van der Waals surface area (Å²) < 4.78 is 48.7. The lowest BCUT2D eigenvalue weighted by Crippen LogP contribution is -2.63. The largest absolute Gasteiger partial charge is 0.397 e. The molecule has 4 aliphatic carbocycles. The van der Waals surface area contributed by atoms with Crippen LogP contribution >= 0.6 is 0 Å². The zero-order valence-electron chi connectivity index (χ0n) is 20.3. The number of carbonyl (C=O) groups is 2. The van der Waals surface area contributed by atoms with Crippen LogP contribution < -0.4 is 0 Å². The third kappa shape index (κ3) is 3.63. The Labute approximate surface area is 205 Å². The summed E-state index contributed by atoms with van der Waals surface area (Å²) in [5.41, 5.74) is -1.72. The molecule has 0 aromatic heterocycles. The van der Waals surface area contributed by atoms with Gasteiger partial charge in [-0.15, -0.1) is 0 Å². The first-order chi connectivity index (χ1) is 16.4. The highest BCUT2D eigenvalue weighted by molar-refractivity contribution is 7.80. The molecule has 2 N–H and O–H groups in total. The molecule has 4 fully saturated rings. The topological polar surface area (TPSA) is 136 Å². The van der Waals surface area contributed by atoms with E-state index in [9.17, 15) is 23.1 Å². The molecule has 3 saturated carbocycles. The Balaban J connectivity index is 1.53. The maximum Gasteiger partial charge on any atom is 0.397 e. The van der Waals surface area contributed by atoms with Crippen LogP contribution in [0.4, 0.5) is 0 Å². The zero-order valence-corrected chi connectivity index (χ0v) is 21.1. The van der Waals surface area contributed by atoms with Crippen molar-refractivity contribution in [2.24, 2.45) is 28.6 Å². The van der Waals surface area contributed by atoms with Gasteiger partial charge in [0.25, 0.3) is 0 Å². The second-order valence-electron chi connectivity index (χ2n) is 11.3. The predicted molar refractivity (Wildman–Crippen MR) is 123 cm³/mol. The molecule has 0 bridgehead atoms. The number of ether oxygens (including phenoxy) is 2. The number of aliphatic hydroxyl groups is 1. The van der Waals surface area contributed by atoms with Crippen LogP contribution in [0.15, 0.2) is 23.8 Å². The SMILES string of the molecule is CCCC1O[C@@H]2C[C@H]3[C@@H]4CCC5=CC(=O)C=C[C@]5(C)[C@H]4[C@@H](O)C[C@]3(C)[C@]2(C(=O)COS(=O)(=O)O)O1. The zero-order chi connectivity index (χ0) is 25.4. The van der Waals surface area contributed by atoms with E-state index in [0.717, 1.165) is 24.8 Å². The standard InChI is InChI=1S/C25H34O9S/c1-4-5-21-33-20-11-17-16-7-6-14-10-15(26)8-9-23(14,2)22(16)18(27)12-24(17,3)25(20,34-21)19(28)13-32-35(29,30)31/h8-10,16-18,20-22,27H,4-7,11-13H2,1-3H3,(H,29,30,31)/t16-,17-,18-,20+,21?,22+,23-,24-,25+/m0/s1. The molecule has 1 heterocycles. The van der Waals surface area contributed by atoms with Gasteiger partial charge in [-0.1, -0.05) is 38.8 Å². The van der Waals surface area contributed by atoms with E-state index in [4.69, 9.17) is 14.0 Å².